The minimum absolute atomic E-state index is 0.0503. The molecule has 0 radical (unpaired) electrons. The van der Waals surface area contributed by atoms with Gasteiger partial charge in [-0.2, -0.15) is 0 Å². The molecular formula is C27H36N2O3. The lowest BCUT2D eigenvalue weighted by Crippen LogP contribution is -2.43. The van der Waals surface area contributed by atoms with Crippen molar-refractivity contribution in [3.8, 4) is 5.75 Å². The van der Waals surface area contributed by atoms with E-state index in [1.165, 1.54) is 5.56 Å². The quantitative estimate of drug-likeness (QED) is 0.545. The number of hydrogen-bond acceptors (Lipinski definition) is 4. The summed E-state index contributed by atoms with van der Waals surface area (Å²) in [4.78, 5) is 29.5. The van der Waals surface area contributed by atoms with Crippen LogP contribution in [0.5, 0.6) is 5.75 Å². The number of benzene rings is 2. The van der Waals surface area contributed by atoms with E-state index in [0.717, 1.165) is 49.2 Å². The van der Waals surface area contributed by atoms with Gasteiger partial charge in [-0.25, -0.2) is 0 Å². The molecule has 5 nitrogen and oxygen atoms in total. The number of ketones is 1. The van der Waals surface area contributed by atoms with E-state index in [4.69, 9.17) is 4.74 Å². The van der Waals surface area contributed by atoms with Crippen molar-refractivity contribution >= 4 is 11.7 Å². The molecule has 0 atom stereocenters. The topological polar surface area (TPSA) is 49.9 Å². The Morgan fingerprint density at radius 2 is 1.59 bits per heavy atom. The summed E-state index contributed by atoms with van der Waals surface area (Å²) in [5, 5.41) is 0. The van der Waals surface area contributed by atoms with Crippen molar-refractivity contribution in [1.29, 1.82) is 0 Å². The molecule has 0 N–H and O–H groups in total. The molecule has 1 aliphatic heterocycles. The molecule has 0 saturated carbocycles. The van der Waals surface area contributed by atoms with Crippen molar-refractivity contribution < 1.29 is 14.3 Å². The molecule has 2 aromatic rings. The summed E-state index contributed by atoms with van der Waals surface area (Å²) in [5.74, 6) is 1.81. The summed E-state index contributed by atoms with van der Waals surface area (Å²) in [6.45, 7) is 6.94. The molecule has 1 fully saturated rings. The molecule has 0 spiro atoms. The third-order valence-electron chi connectivity index (χ3n) is 6.20. The Balaban J connectivity index is 1.45. The third kappa shape index (κ3) is 6.67. The Labute approximate surface area is 192 Å². The lowest BCUT2D eigenvalue weighted by atomic mass is 9.88. The standard InChI is InChI=1S/C27H36N2O3/c1-20(2)17-21-5-9-23(10-6-21)27(31)24-13-15-29(16-14-24)19-26(30)28(3)18-22-7-11-25(32-4)12-8-22/h5-12,20,24H,13-19H2,1-4H3. The molecule has 0 unspecified atom stereocenters. The predicted molar refractivity (Wildman–Crippen MR) is 128 cm³/mol. The van der Waals surface area contributed by atoms with E-state index < -0.39 is 0 Å². The highest BCUT2D eigenvalue weighted by Gasteiger charge is 2.27. The number of likely N-dealkylation sites (N-methyl/N-ethyl adjacent to an activating group) is 1. The lowest BCUT2D eigenvalue weighted by molar-refractivity contribution is -0.131. The van der Waals surface area contributed by atoms with E-state index >= 15 is 0 Å². The van der Waals surface area contributed by atoms with Gasteiger partial charge in [-0.3, -0.25) is 14.5 Å². The molecule has 172 valence electrons. The number of rotatable bonds is 9. The number of ether oxygens (including phenoxy) is 1. The van der Waals surface area contributed by atoms with Gasteiger partial charge in [0.15, 0.2) is 5.78 Å². The molecule has 1 saturated heterocycles. The second kappa shape index (κ2) is 11.3. The number of carbonyl (C=O) groups is 2. The average Bonchev–Trinajstić information content (AvgIpc) is 2.79. The summed E-state index contributed by atoms with van der Waals surface area (Å²) < 4.78 is 5.18. The van der Waals surface area contributed by atoms with Gasteiger partial charge in [0.2, 0.25) is 5.91 Å². The summed E-state index contributed by atoms with van der Waals surface area (Å²) >= 11 is 0. The number of nitrogens with zero attached hydrogens (tertiary/aromatic N) is 2. The number of likely N-dealkylation sites (tertiary alicyclic amines) is 1. The first-order chi connectivity index (χ1) is 15.4. The SMILES string of the molecule is COc1ccc(CN(C)C(=O)CN2CCC(C(=O)c3ccc(CC(C)C)cc3)CC2)cc1. The molecule has 5 heteroatoms. The van der Waals surface area contributed by atoms with Gasteiger partial charge in [0, 0.05) is 25.1 Å². The van der Waals surface area contributed by atoms with Crippen molar-refractivity contribution in [1.82, 2.24) is 9.80 Å². The van der Waals surface area contributed by atoms with E-state index in [2.05, 4.69) is 30.9 Å². The van der Waals surface area contributed by atoms with Gasteiger partial charge in [-0.05, 0) is 61.5 Å². The number of amides is 1. The molecule has 0 aromatic heterocycles. The Bertz CT molecular complexity index is 882. The molecule has 3 rings (SSSR count). The molecule has 0 bridgehead atoms. The normalized spacial score (nSPS) is 15.0. The van der Waals surface area contributed by atoms with E-state index in [1.807, 2.05) is 43.4 Å². The van der Waals surface area contributed by atoms with Crippen LogP contribution in [0.15, 0.2) is 48.5 Å². The number of carbonyl (C=O) groups excluding carboxylic acids is 2. The van der Waals surface area contributed by atoms with E-state index in [1.54, 1.807) is 12.0 Å². The van der Waals surface area contributed by atoms with Crippen molar-refractivity contribution in [2.75, 3.05) is 33.8 Å². The summed E-state index contributed by atoms with van der Waals surface area (Å²) in [5.41, 5.74) is 3.17. The first kappa shape index (κ1) is 24.0. The zero-order valence-electron chi connectivity index (χ0n) is 19.8. The second-order valence-electron chi connectivity index (χ2n) is 9.31. The van der Waals surface area contributed by atoms with Crippen LogP contribution < -0.4 is 4.74 Å². The fraction of sp³-hybridized carbons (Fsp3) is 0.481. The van der Waals surface area contributed by atoms with Crippen molar-refractivity contribution in [2.24, 2.45) is 11.8 Å². The highest BCUT2D eigenvalue weighted by atomic mass is 16.5. The van der Waals surface area contributed by atoms with Gasteiger partial charge in [0.1, 0.15) is 5.75 Å². The number of methoxy groups -OCH3 is 1. The number of hydrogen-bond donors (Lipinski definition) is 0. The minimum Gasteiger partial charge on any atom is -0.497 e. The summed E-state index contributed by atoms with van der Waals surface area (Å²) in [7, 11) is 3.48. The molecule has 2 aromatic carbocycles. The molecule has 1 amide bonds. The monoisotopic (exact) mass is 436 g/mol. The lowest BCUT2D eigenvalue weighted by Gasteiger charge is -2.32. The van der Waals surface area contributed by atoms with Crippen LogP contribution in [-0.2, 0) is 17.8 Å². The zero-order chi connectivity index (χ0) is 23.1. The fourth-order valence-corrected chi connectivity index (χ4v) is 4.27. The van der Waals surface area contributed by atoms with Gasteiger partial charge in [-0.15, -0.1) is 0 Å². The van der Waals surface area contributed by atoms with Crippen molar-refractivity contribution in [3.63, 3.8) is 0 Å². The largest absolute Gasteiger partial charge is 0.497 e. The molecular weight excluding hydrogens is 400 g/mol. The molecule has 1 heterocycles. The van der Waals surface area contributed by atoms with Crippen molar-refractivity contribution in [3.05, 3.63) is 65.2 Å². The van der Waals surface area contributed by atoms with Crippen LogP contribution in [0.1, 0.15) is 48.2 Å². The summed E-state index contributed by atoms with van der Waals surface area (Å²) in [6, 6.07) is 15.9. The Kier molecular flexibility index (Phi) is 8.46. The average molecular weight is 437 g/mol. The van der Waals surface area contributed by atoms with Crippen LogP contribution in [0.3, 0.4) is 0 Å². The minimum atomic E-state index is 0.0503. The predicted octanol–water partition coefficient (Wildman–Crippen LogP) is 4.45. The summed E-state index contributed by atoms with van der Waals surface area (Å²) in [6.07, 6.45) is 2.65. The van der Waals surface area contributed by atoms with E-state index in [-0.39, 0.29) is 17.6 Å². The van der Waals surface area contributed by atoms with Crippen LogP contribution >= 0.6 is 0 Å². The third-order valence-corrected chi connectivity index (χ3v) is 6.20. The van der Waals surface area contributed by atoms with Crippen LogP contribution in [-0.4, -0.2) is 55.3 Å². The highest BCUT2D eigenvalue weighted by molar-refractivity contribution is 5.98. The molecule has 32 heavy (non-hydrogen) atoms. The van der Waals surface area contributed by atoms with Crippen LogP contribution in [0.4, 0.5) is 0 Å². The van der Waals surface area contributed by atoms with Crippen LogP contribution in [0, 0.1) is 11.8 Å². The van der Waals surface area contributed by atoms with E-state index in [9.17, 15) is 9.59 Å². The van der Waals surface area contributed by atoms with Gasteiger partial charge >= 0.3 is 0 Å². The maximum absolute atomic E-state index is 12.9. The van der Waals surface area contributed by atoms with Gasteiger partial charge in [-0.1, -0.05) is 50.2 Å². The Morgan fingerprint density at radius 3 is 2.16 bits per heavy atom. The second-order valence-corrected chi connectivity index (χ2v) is 9.31. The van der Waals surface area contributed by atoms with Gasteiger partial charge < -0.3 is 9.64 Å². The maximum atomic E-state index is 12.9. The first-order valence-electron chi connectivity index (χ1n) is 11.6. The smallest absolute Gasteiger partial charge is 0.236 e. The van der Waals surface area contributed by atoms with Crippen molar-refractivity contribution in [2.45, 2.75) is 39.7 Å². The zero-order valence-corrected chi connectivity index (χ0v) is 19.8. The van der Waals surface area contributed by atoms with Gasteiger partial charge in [0.25, 0.3) is 0 Å². The first-order valence-corrected chi connectivity index (χ1v) is 11.6. The van der Waals surface area contributed by atoms with Gasteiger partial charge in [0.05, 0.1) is 13.7 Å². The maximum Gasteiger partial charge on any atom is 0.236 e. The Hall–Kier alpha value is -2.66. The van der Waals surface area contributed by atoms with E-state index in [0.29, 0.717) is 19.0 Å². The Morgan fingerprint density at radius 1 is 1.00 bits per heavy atom. The highest BCUT2D eigenvalue weighted by Crippen LogP contribution is 2.23. The number of Topliss-reactive ketones (excluding diaryl/α,β-unsaturated/α-hetero) is 1. The number of piperidine rings is 1. The molecule has 0 aliphatic carbocycles. The fourth-order valence-electron chi connectivity index (χ4n) is 4.27. The molecule has 1 aliphatic rings. The van der Waals surface area contributed by atoms with Crippen LogP contribution in [0.25, 0.3) is 0 Å². The van der Waals surface area contributed by atoms with Crippen LogP contribution in [0.2, 0.25) is 0 Å².